The van der Waals surface area contributed by atoms with E-state index in [4.69, 9.17) is 20.4 Å². The maximum atomic E-state index is 8.94. The number of amidine groups is 1. The zero-order chi connectivity index (χ0) is 14.7. The molecular weight excluding hydrogens is 270 g/mol. The lowest BCUT2D eigenvalue weighted by atomic mass is 10.0. The number of hydrogen-bond acceptors (Lipinski definition) is 5. The third-order valence-electron chi connectivity index (χ3n) is 4.20. The van der Waals surface area contributed by atoms with Crippen molar-refractivity contribution in [1.29, 1.82) is 0 Å². The molecule has 1 aliphatic heterocycles. The van der Waals surface area contributed by atoms with Gasteiger partial charge in [0.25, 0.3) is 0 Å². The Hall–Kier alpha value is -1.82. The Labute approximate surface area is 123 Å². The van der Waals surface area contributed by atoms with E-state index in [1.807, 2.05) is 6.07 Å². The van der Waals surface area contributed by atoms with Crippen molar-refractivity contribution in [2.24, 2.45) is 16.8 Å². The molecule has 1 aromatic rings. The third kappa shape index (κ3) is 3.10. The molecule has 0 unspecified atom stereocenters. The van der Waals surface area contributed by atoms with Gasteiger partial charge in [0.2, 0.25) is 5.88 Å². The van der Waals surface area contributed by atoms with E-state index in [2.05, 4.69) is 10.1 Å². The van der Waals surface area contributed by atoms with Gasteiger partial charge < -0.3 is 20.4 Å². The molecule has 6 nitrogen and oxygen atoms in total. The predicted octanol–water partition coefficient (Wildman–Crippen LogP) is 1.47. The zero-order valence-electron chi connectivity index (χ0n) is 12.0. The smallest absolute Gasteiger partial charge is 0.224 e. The number of pyridine rings is 1. The molecule has 0 bridgehead atoms. The number of nitrogens with two attached hydrogens (primary N) is 1. The maximum Gasteiger partial charge on any atom is 0.224 e. The van der Waals surface area contributed by atoms with Crippen LogP contribution in [0.5, 0.6) is 5.88 Å². The van der Waals surface area contributed by atoms with E-state index in [-0.39, 0.29) is 5.84 Å². The minimum atomic E-state index is 0.0548. The van der Waals surface area contributed by atoms with Crippen LogP contribution in [0.4, 0.5) is 0 Å². The van der Waals surface area contributed by atoms with Crippen LogP contribution in [0, 0.1) is 5.92 Å². The van der Waals surface area contributed by atoms with E-state index in [1.165, 1.54) is 5.56 Å². The van der Waals surface area contributed by atoms with Crippen molar-refractivity contribution in [3.8, 4) is 5.88 Å². The third-order valence-corrected chi connectivity index (χ3v) is 4.20. The van der Waals surface area contributed by atoms with Gasteiger partial charge in [0, 0.05) is 18.9 Å². The molecule has 3 N–H and O–H groups in total. The van der Waals surface area contributed by atoms with Crippen LogP contribution in [0.2, 0.25) is 0 Å². The second-order valence-electron chi connectivity index (χ2n) is 5.65. The van der Waals surface area contributed by atoms with Crippen LogP contribution in [0.3, 0.4) is 0 Å². The van der Waals surface area contributed by atoms with Crippen LogP contribution >= 0.6 is 0 Å². The lowest BCUT2D eigenvalue weighted by Crippen LogP contribution is -2.23. The maximum absolute atomic E-state index is 8.94. The largest absolute Gasteiger partial charge is 0.477 e. The fraction of sp³-hybridized carbons (Fsp3) is 0.600. The molecule has 0 spiro atoms. The topological polar surface area (TPSA) is 90.0 Å². The molecule has 0 saturated carbocycles. The molecule has 2 aliphatic rings. The van der Waals surface area contributed by atoms with Crippen molar-refractivity contribution in [2.75, 3.05) is 19.8 Å². The van der Waals surface area contributed by atoms with Crippen LogP contribution in [-0.2, 0) is 17.6 Å². The molecule has 3 rings (SSSR count). The highest BCUT2D eigenvalue weighted by Gasteiger charge is 2.21. The van der Waals surface area contributed by atoms with Gasteiger partial charge in [-0.3, -0.25) is 0 Å². The summed E-state index contributed by atoms with van der Waals surface area (Å²) in [6.07, 6.45) is 5.07. The first-order valence-corrected chi connectivity index (χ1v) is 7.49. The molecule has 1 aromatic heterocycles. The predicted molar refractivity (Wildman–Crippen MR) is 77.8 cm³/mol. The molecule has 21 heavy (non-hydrogen) atoms. The number of nitrogens with zero attached hydrogens (tertiary/aromatic N) is 2. The van der Waals surface area contributed by atoms with E-state index < -0.39 is 0 Å². The van der Waals surface area contributed by atoms with Crippen LogP contribution in [0.1, 0.15) is 36.1 Å². The Kier molecular flexibility index (Phi) is 4.24. The molecule has 1 aliphatic carbocycles. The van der Waals surface area contributed by atoms with E-state index >= 15 is 0 Å². The lowest BCUT2D eigenvalue weighted by molar-refractivity contribution is 0.0490. The molecule has 114 valence electrons. The zero-order valence-corrected chi connectivity index (χ0v) is 12.0. The average Bonchev–Trinajstić information content (AvgIpc) is 2.99. The first-order valence-electron chi connectivity index (χ1n) is 7.49. The number of fused-ring (bicyclic) bond motifs is 1. The summed E-state index contributed by atoms with van der Waals surface area (Å²) in [6, 6.07) is 1.95. The van der Waals surface area contributed by atoms with Gasteiger partial charge in [-0.25, -0.2) is 4.98 Å². The summed E-state index contributed by atoms with van der Waals surface area (Å²) >= 11 is 0. The van der Waals surface area contributed by atoms with Crippen molar-refractivity contribution < 1.29 is 14.7 Å². The summed E-state index contributed by atoms with van der Waals surface area (Å²) in [6.45, 7) is 2.18. The standard InChI is InChI=1S/C15H21N3O3/c16-14(18-19)12-8-11-2-1-3-13(11)17-15(12)21-9-10-4-6-20-7-5-10/h8,10,19H,1-7,9H2,(H2,16,18). The van der Waals surface area contributed by atoms with Gasteiger partial charge in [0.05, 0.1) is 12.2 Å². The molecule has 0 atom stereocenters. The minimum absolute atomic E-state index is 0.0548. The first-order chi connectivity index (χ1) is 10.3. The number of hydrogen-bond donors (Lipinski definition) is 2. The fourth-order valence-electron chi connectivity index (χ4n) is 2.91. The molecule has 6 heteroatoms. The Balaban J connectivity index is 1.79. The summed E-state index contributed by atoms with van der Waals surface area (Å²) in [5.41, 5.74) is 8.60. The summed E-state index contributed by atoms with van der Waals surface area (Å²) in [7, 11) is 0. The number of oxime groups is 1. The van der Waals surface area contributed by atoms with Gasteiger partial charge in [0.1, 0.15) is 0 Å². The van der Waals surface area contributed by atoms with Crippen molar-refractivity contribution in [3.05, 3.63) is 22.9 Å². The van der Waals surface area contributed by atoms with Gasteiger partial charge in [0.15, 0.2) is 5.84 Å². The first kappa shape index (κ1) is 14.1. The molecule has 2 heterocycles. The van der Waals surface area contributed by atoms with E-state index in [9.17, 15) is 0 Å². The van der Waals surface area contributed by atoms with E-state index in [0.717, 1.165) is 51.0 Å². The van der Waals surface area contributed by atoms with Gasteiger partial charge in [-0.05, 0) is 49.7 Å². The highest BCUT2D eigenvalue weighted by molar-refractivity contribution is 5.99. The second-order valence-corrected chi connectivity index (χ2v) is 5.65. The normalized spacial score (nSPS) is 19.5. The van der Waals surface area contributed by atoms with Gasteiger partial charge in [-0.15, -0.1) is 0 Å². The second kappa shape index (κ2) is 6.30. The molecule has 0 aromatic carbocycles. The summed E-state index contributed by atoms with van der Waals surface area (Å²) in [5, 5.41) is 12.0. The summed E-state index contributed by atoms with van der Waals surface area (Å²) in [5.74, 6) is 1.02. The number of aromatic nitrogens is 1. The van der Waals surface area contributed by atoms with Gasteiger partial charge in [-0.2, -0.15) is 0 Å². The number of rotatable bonds is 4. The Morgan fingerprint density at radius 1 is 1.43 bits per heavy atom. The van der Waals surface area contributed by atoms with Crippen molar-refractivity contribution >= 4 is 5.84 Å². The molecule has 1 saturated heterocycles. The van der Waals surface area contributed by atoms with Crippen molar-refractivity contribution in [2.45, 2.75) is 32.1 Å². The highest BCUT2D eigenvalue weighted by atomic mass is 16.5. The Morgan fingerprint density at radius 2 is 2.24 bits per heavy atom. The summed E-state index contributed by atoms with van der Waals surface area (Å²) in [4.78, 5) is 4.58. The quantitative estimate of drug-likeness (QED) is 0.379. The van der Waals surface area contributed by atoms with E-state index in [0.29, 0.717) is 24.0 Å². The Bertz CT molecular complexity index is 539. The number of ether oxygens (including phenoxy) is 2. The van der Waals surface area contributed by atoms with Crippen LogP contribution in [0.15, 0.2) is 11.2 Å². The summed E-state index contributed by atoms with van der Waals surface area (Å²) < 4.78 is 11.2. The lowest BCUT2D eigenvalue weighted by Gasteiger charge is -2.22. The fourth-order valence-corrected chi connectivity index (χ4v) is 2.91. The van der Waals surface area contributed by atoms with Crippen LogP contribution in [-0.4, -0.2) is 35.8 Å². The molecular formula is C15H21N3O3. The minimum Gasteiger partial charge on any atom is -0.477 e. The highest BCUT2D eigenvalue weighted by Crippen LogP contribution is 2.27. The SMILES string of the molecule is NC(=NO)c1cc2c(nc1OCC1CCOCC1)CCC2. The Morgan fingerprint density at radius 3 is 3.00 bits per heavy atom. The van der Waals surface area contributed by atoms with Crippen LogP contribution in [0.25, 0.3) is 0 Å². The van der Waals surface area contributed by atoms with Crippen molar-refractivity contribution in [3.63, 3.8) is 0 Å². The molecule has 1 fully saturated rings. The van der Waals surface area contributed by atoms with Gasteiger partial charge in [-0.1, -0.05) is 5.16 Å². The van der Waals surface area contributed by atoms with E-state index in [1.54, 1.807) is 0 Å². The monoisotopic (exact) mass is 291 g/mol. The van der Waals surface area contributed by atoms with Gasteiger partial charge >= 0.3 is 0 Å². The molecule has 0 radical (unpaired) electrons. The van der Waals surface area contributed by atoms with Crippen LogP contribution < -0.4 is 10.5 Å². The molecule has 0 amide bonds. The average molecular weight is 291 g/mol. The number of aryl methyl sites for hydroxylation is 2. The van der Waals surface area contributed by atoms with Crippen molar-refractivity contribution in [1.82, 2.24) is 4.98 Å².